The summed E-state index contributed by atoms with van der Waals surface area (Å²) in [4.78, 5) is 14.1. The fraction of sp³-hybridized carbons (Fsp3) is 0.529. The Bertz CT molecular complexity index is 642. The SMILES string of the molecule is C=C(/C=C(F)\C=C(/C)F)[C@@H]1CC=NN1C(=O)N1CC(O)(C2CC2)C1. The summed E-state index contributed by atoms with van der Waals surface area (Å²) >= 11 is 0. The van der Waals surface area contributed by atoms with Crippen LogP contribution in [0.5, 0.6) is 0 Å². The van der Waals surface area contributed by atoms with Crippen LogP contribution < -0.4 is 0 Å². The predicted molar refractivity (Wildman–Crippen MR) is 86.6 cm³/mol. The molecule has 24 heavy (non-hydrogen) atoms. The van der Waals surface area contributed by atoms with Crippen molar-refractivity contribution in [1.82, 2.24) is 9.91 Å². The van der Waals surface area contributed by atoms with Gasteiger partial charge in [-0.05, 0) is 37.3 Å². The summed E-state index contributed by atoms with van der Waals surface area (Å²) in [5.74, 6) is -1.11. The number of hydrogen-bond donors (Lipinski definition) is 1. The van der Waals surface area contributed by atoms with Gasteiger partial charge in [-0.15, -0.1) is 0 Å². The van der Waals surface area contributed by atoms with Crippen LogP contribution in [0.1, 0.15) is 26.2 Å². The van der Waals surface area contributed by atoms with E-state index >= 15 is 0 Å². The number of hydrazone groups is 1. The number of amides is 2. The molecule has 2 amide bonds. The molecule has 0 spiro atoms. The number of aliphatic hydroxyl groups is 1. The lowest BCUT2D eigenvalue weighted by molar-refractivity contribution is -0.0968. The van der Waals surface area contributed by atoms with E-state index in [-0.39, 0.29) is 6.03 Å². The van der Waals surface area contributed by atoms with E-state index in [2.05, 4.69) is 11.7 Å². The van der Waals surface area contributed by atoms with Gasteiger partial charge in [-0.2, -0.15) is 5.10 Å². The molecule has 0 radical (unpaired) electrons. The van der Waals surface area contributed by atoms with E-state index in [9.17, 15) is 18.7 Å². The highest BCUT2D eigenvalue weighted by Gasteiger charge is 2.54. The maximum Gasteiger partial charge on any atom is 0.341 e. The minimum atomic E-state index is -0.763. The fourth-order valence-corrected chi connectivity index (χ4v) is 3.19. The van der Waals surface area contributed by atoms with E-state index in [1.165, 1.54) is 9.91 Å². The highest BCUT2D eigenvalue weighted by Crippen LogP contribution is 2.44. The second-order valence-electron chi connectivity index (χ2n) is 6.75. The van der Waals surface area contributed by atoms with E-state index in [0.29, 0.717) is 31.0 Å². The van der Waals surface area contributed by atoms with Gasteiger partial charge < -0.3 is 10.0 Å². The van der Waals surface area contributed by atoms with Crippen molar-refractivity contribution in [2.45, 2.75) is 37.8 Å². The van der Waals surface area contributed by atoms with Gasteiger partial charge >= 0.3 is 6.03 Å². The summed E-state index contributed by atoms with van der Waals surface area (Å²) in [5, 5.41) is 15.6. The minimum absolute atomic E-state index is 0.294. The van der Waals surface area contributed by atoms with Crippen molar-refractivity contribution in [2.75, 3.05) is 13.1 Å². The zero-order chi connectivity index (χ0) is 17.5. The first-order chi connectivity index (χ1) is 11.3. The van der Waals surface area contributed by atoms with Gasteiger partial charge in [-0.3, -0.25) is 0 Å². The molecule has 1 saturated heterocycles. The smallest absolute Gasteiger partial charge is 0.341 e. The number of allylic oxidation sites excluding steroid dienone is 3. The van der Waals surface area contributed by atoms with Crippen molar-refractivity contribution < 1.29 is 18.7 Å². The fourth-order valence-electron chi connectivity index (χ4n) is 3.19. The van der Waals surface area contributed by atoms with Gasteiger partial charge in [0.25, 0.3) is 0 Å². The summed E-state index contributed by atoms with van der Waals surface area (Å²) in [5.41, 5.74) is -0.421. The summed E-state index contributed by atoms with van der Waals surface area (Å²) in [6.07, 6.45) is 5.88. The number of halogens is 2. The number of rotatable bonds is 4. The number of β-amino-alcohol motifs (C(OH)–C–C–N with tert-alkyl or cyclic N) is 1. The van der Waals surface area contributed by atoms with Crippen LogP contribution in [0.3, 0.4) is 0 Å². The second kappa shape index (κ2) is 6.12. The minimum Gasteiger partial charge on any atom is -0.386 e. The van der Waals surface area contributed by atoms with Crippen LogP contribution >= 0.6 is 0 Å². The molecule has 1 atom stereocenters. The molecule has 1 saturated carbocycles. The Kier molecular flexibility index (Phi) is 4.29. The Balaban J connectivity index is 1.63. The first-order valence-corrected chi connectivity index (χ1v) is 8.03. The summed E-state index contributed by atoms with van der Waals surface area (Å²) in [7, 11) is 0. The quantitative estimate of drug-likeness (QED) is 0.802. The van der Waals surface area contributed by atoms with Crippen LogP contribution in [0.2, 0.25) is 0 Å². The van der Waals surface area contributed by atoms with E-state index in [0.717, 1.165) is 31.9 Å². The zero-order valence-corrected chi connectivity index (χ0v) is 13.6. The van der Waals surface area contributed by atoms with Crippen molar-refractivity contribution in [3.8, 4) is 0 Å². The Labute approximate surface area is 139 Å². The van der Waals surface area contributed by atoms with Crippen LogP contribution in [0, 0.1) is 5.92 Å². The standard InChI is InChI=1S/C17H21F2N3O2/c1-11(7-14(19)8-12(2)18)15-5-6-20-22(15)16(23)21-9-17(24,10-21)13-3-4-13/h6-8,13,15,24H,1,3-5,9-10H2,2H3/b12-8+,14-7+/t15-/m0/s1. The van der Waals surface area contributed by atoms with E-state index in [1.807, 2.05) is 0 Å². The Morgan fingerprint density at radius 3 is 2.62 bits per heavy atom. The molecular formula is C17H21F2N3O2. The Morgan fingerprint density at radius 1 is 1.38 bits per heavy atom. The largest absolute Gasteiger partial charge is 0.386 e. The summed E-state index contributed by atoms with van der Waals surface area (Å²) in [6, 6.07) is -0.822. The van der Waals surface area contributed by atoms with Gasteiger partial charge in [0, 0.05) is 18.7 Å². The first-order valence-electron chi connectivity index (χ1n) is 8.03. The van der Waals surface area contributed by atoms with Crippen LogP contribution in [-0.2, 0) is 0 Å². The molecule has 3 aliphatic rings. The normalized spacial score (nSPS) is 26.6. The molecular weight excluding hydrogens is 316 g/mol. The molecule has 0 unspecified atom stereocenters. The molecule has 1 N–H and O–H groups in total. The van der Waals surface area contributed by atoms with Crippen molar-refractivity contribution >= 4 is 12.2 Å². The van der Waals surface area contributed by atoms with Crippen LogP contribution in [0.25, 0.3) is 0 Å². The molecule has 2 fully saturated rings. The number of carbonyl (C=O) groups excluding carboxylic acids is 1. The molecule has 1 aliphatic carbocycles. The van der Waals surface area contributed by atoms with Gasteiger partial charge in [-0.25, -0.2) is 18.6 Å². The third kappa shape index (κ3) is 3.26. The monoisotopic (exact) mass is 337 g/mol. The molecule has 3 rings (SSSR count). The highest BCUT2D eigenvalue weighted by molar-refractivity contribution is 5.80. The van der Waals surface area contributed by atoms with Crippen LogP contribution in [0.4, 0.5) is 13.6 Å². The van der Waals surface area contributed by atoms with Gasteiger partial charge in [0.1, 0.15) is 11.4 Å². The van der Waals surface area contributed by atoms with Crippen molar-refractivity contribution in [2.24, 2.45) is 11.0 Å². The lowest BCUT2D eigenvalue weighted by Crippen LogP contribution is -2.66. The topological polar surface area (TPSA) is 56.1 Å². The van der Waals surface area contributed by atoms with Gasteiger partial charge in [0.15, 0.2) is 0 Å². The van der Waals surface area contributed by atoms with E-state index in [4.69, 9.17) is 0 Å². The predicted octanol–water partition coefficient (Wildman–Crippen LogP) is 2.91. The van der Waals surface area contributed by atoms with Crippen LogP contribution in [-0.4, -0.2) is 52.0 Å². The van der Waals surface area contributed by atoms with Crippen molar-refractivity contribution in [1.29, 1.82) is 0 Å². The molecule has 130 valence electrons. The number of carbonyl (C=O) groups is 1. The summed E-state index contributed by atoms with van der Waals surface area (Å²) in [6.45, 7) is 5.53. The lowest BCUT2D eigenvalue weighted by atomic mass is 9.89. The number of likely N-dealkylation sites (tertiary alicyclic amines) is 1. The molecule has 0 bridgehead atoms. The van der Waals surface area contributed by atoms with Crippen LogP contribution in [0.15, 0.2) is 41.1 Å². The number of urea groups is 1. The van der Waals surface area contributed by atoms with E-state index in [1.54, 1.807) is 6.21 Å². The maximum absolute atomic E-state index is 13.6. The third-order valence-electron chi connectivity index (χ3n) is 4.65. The van der Waals surface area contributed by atoms with Gasteiger partial charge in [0.2, 0.25) is 0 Å². The van der Waals surface area contributed by atoms with Crippen molar-refractivity contribution in [3.05, 3.63) is 36.0 Å². The third-order valence-corrected chi connectivity index (χ3v) is 4.65. The molecule has 0 aromatic rings. The lowest BCUT2D eigenvalue weighted by Gasteiger charge is -2.47. The Morgan fingerprint density at radius 2 is 2.04 bits per heavy atom. The van der Waals surface area contributed by atoms with Gasteiger partial charge in [-0.1, -0.05) is 6.58 Å². The Hall–Kier alpha value is -2.02. The van der Waals surface area contributed by atoms with Crippen molar-refractivity contribution in [3.63, 3.8) is 0 Å². The zero-order valence-electron chi connectivity index (χ0n) is 13.6. The van der Waals surface area contributed by atoms with E-state index < -0.39 is 23.3 Å². The molecule has 5 nitrogen and oxygen atoms in total. The van der Waals surface area contributed by atoms with Gasteiger partial charge in [0.05, 0.1) is 25.0 Å². The molecule has 7 heteroatoms. The molecule has 2 heterocycles. The highest BCUT2D eigenvalue weighted by atomic mass is 19.1. The number of nitrogens with zero attached hydrogens (tertiary/aromatic N) is 3. The first kappa shape index (κ1) is 16.8. The second-order valence-corrected chi connectivity index (χ2v) is 6.75. The average Bonchev–Trinajstić information content (AvgIpc) is 3.19. The molecule has 0 aromatic heterocycles. The number of hydrogen-bond acceptors (Lipinski definition) is 3. The average molecular weight is 337 g/mol. The molecule has 0 aromatic carbocycles. The molecule has 2 aliphatic heterocycles. The summed E-state index contributed by atoms with van der Waals surface area (Å²) < 4.78 is 26.3. The maximum atomic E-state index is 13.6.